The number of fused-ring (bicyclic) bond motifs is 3. The van der Waals surface area contributed by atoms with Crippen molar-refractivity contribution in [3.05, 3.63) is 40.8 Å². The predicted molar refractivity (Wildman–Crippen MR) is 111 cm³/mol. The van der Waals surface area contributed by atoms with Crippen LogP contribution in [-0.2, 0) is 5.75 Å². The van der Waals surface area contributed by atoms with Gasteiger partial charge in [0, 0.05) is 40.2 Å². The predicted octanol–water partition coefficient (Wildman–Crippen LogP) is 5.02. The van der Waals surface area contributed by atoms with Gasteiger partial charge in [0.15, 0.2) is 0 Å². The lowest BCUT2D eigenvalue weighted by atomic mass is 10.0. The fraction of sp³-hybridized carbons (Fsp3) is 0.476. The Labute approximate surface area is 164 Å². The molecule has 0 bridgehead atoms. The standard InChI is InChI=1S/C21H26N2OS2/c1-15-7-4-5-11-23(15)12-6-10-22-21(24)19-13-16-14-25-18-9-3-2-8-17(18)20(16)26-19/h2-3,8-9,13,15H,4-7,10-12,14H2,1H3,(H,22,24). The minimum atomic E-state index is 0.0820. The molecular formula is C21H26N2OS2. The highest BCUT2D eigenvalue weighted by Crippen LogP contribution is 2.45. The number of thioether (sulfide) groups is 1. The molecule has 3 heterocycles. The first-order chi connectivity index (χ1) is 12.7. The molecule has 2 aromatic rings. The van der Waals surface area contributed by atoms with Gasteiger partial charge < -0.3 is 10.2 Å². The molecular weight excluding hydrogens is 360 g/mol. The molecule has 2 aliphatic rings. The van der Waals surface area contributed by atoms with Crippen LogP contribution in [0.25, 0.3) is 10.4 Å². The number of amides is 1. The van der Waals surface area contributed by atoms with Crippen molar-refractivity contribution in [2.75, 3.05) is 19.6 Å². The molecule has 26 heavy (non-hydrogen) atoms. The highest BCUT2D eigenvalue weighted by Gasteiger charge is 2.22. The summed E-state index contributed by atoms with van der Waals surface area (Å²) in [7, 11) is 0. The van der Waals surface area contributed by atoms with E-state index >= 15 is 0 Å². The summed E-state index contributed by atoms with van der Waals surface area (Å²) in [6.07, 6.45) is 5.02. The Morgan fingerprint density at radius 1 is 1.31 bits per heavy atom. The van der Waals surface area contributed by atoms with Gasteiger partial charge in [-0.1, -0.05) is 24.6 Å². The summed E-state index contributed by atoms with van der Waals surface area (Å²) in [5.74, 6) is 1.04. The number of likely N-dealkylation sites (tertiary alicyclic amines) is 1. The first-order valence-electron chi connectivity index (χ1n) is 9.59. The van der Waals surface area contributed by atoms with E-state index in [0.717, 1.165) is 30.1 Å². The lowest BCUT2D eigenvalue weighted by molar-refractivity contribution is 0.0953. The summed E-state index contributed by atoms with van der Waals surface area (Å²) in [6.45, 7) is 5.38. The Bertz CT molecular complexity index is 786. The highest BCUT2D eigenvalue weighted by atomic mass is 32.2. The molecule has 1 N–H and O–H groups in total. The molecule has 3 nitrogen and oxygen atoms in total. The second-order valence-electron chi connectivity index (χ2n) is 7.24. The van der Waals surface area contributed by atoms with Crippen molar-refractivity contribution in [2.45, 2.75) is 49.3 Å². The lowest BCUT2D eigenvalue weighted by Crippen LogP contribution is -2.39. The van der Waals surface area contributed by atoms with Gasteiger partial charge in [-0.05, 0) is 50.4 Å². The van der Waals surface area contributed by atoms with Crippen molar-refractivity contribution in [2.24, 2.45) is 0 Å². The van der Waals surface area contributed by atoms with Crippen molar-refractivity contribution in [3.8, 4) is 10.4 Å². The van der Waals surface area contributed by atoms with Gasteiger partial charge in [0.2, 0.25) is 0 Å². The van der Waals surface area contributed by atoms with Gasteiger partial charge in [0.05, 0.1) is 4.88 Å². The van der Waals surface area contributed by atoms with Crippen molar-refractivity contribution >= 4 is 29.0 Å². The second-order valence-corrected chi connectivity index (χ2v) is 9.31. The van der Waals surface area contributed by atoms with Crippen molar-refractivity contribution in [1.82, 2.24) is 10.2 Å². The summed E-state index contributed by atoms with van der Waals surface area (Å²) in [6, 6.07) is 11.3. The molecule has 4 rings (SSSR count). The van der Waals surface area contributed by atoms with Gasteiger partial charge in [-0.15, -0.1) is 23.1 Å². The van der Waals surface area contributed by atoms with Gasteiger partial charge in [0.25, 0.3) is 5.91 Å². The maximum Gasteiger partial charge on any atom is 0.261 e. The summed E-state index contributed by atoms with van der Waals surface area (Å²) in [4.78, 5) is 18.6. The number of piperidine rings is 1. The zero-order valence-corrected chi connectivity index (χ0v) is 16.9. The van der Waals surface area contributed by atoms with E-state index in [1.807, 2.05) is 11.8 Å². The third kappa shape index (κ3) is 3.85. The number of carbonyl (C=O) groups is 1. The third-order valence-corrected chi connectivity index (χ3v) is 7.73. The summed E-state index contributed by atoms with van der Waals surface area (Å²) < 4.78 is 0. The summed E-state index contributed by atoms with van der Waals surface area (Å²) >= 11 is 3.50. The van der Waals surface area contributed by atoms with E-state index in [9.17, 15) is 4.79 Å². The highest BCUT2D eigenvalue weighted by molar-refractivity contribution is 7.98. The molecule has 5 heteroatoms. The Balaban J connectivity index is 1.33. The van der Waals surface area contributed by atoms with E-state index in [2.05, 4.69) is 47.5 Å². The van der Waals surface area contributed by atoms with Gasteiger partial charge in [-0.2, -0.15) is 0 Å². The van der Waals surface area contributed by atoms with Crippen LogP contribution in [0.5, 0.6) is 0 Å². The Morgan fingerprint density at radius 2 is 2.19 bits per heavy atom. The number of nitrogens with one attached hydrogen (secondary N) is 1. The van der Waals surface area contributed by atoms with Gasteiger partial charge in [-0.3, -0.25) is 4.79 Å². The first-order valence-corrected chi connectivity index (χ1v) is 11.4. The number of rotatable bonds is 5. The number of thiophene rings is 1. The Hall–Kier alpha value is -1.30. The van der Waals surface area contributed by atoms with Crippen LogP contribution in [0.3, 0.4) is 0 Å². The largest absolute Gasteiger partial charge is 0.351 e. The maximum atomic E-state index is 12.6. The molecule has 0 saturated carbocycles. The van der Waals surface area contributed by atoms with Crippen molar-refractivity contribution < 1.29 is 4.79 Å². The van der Waals surface area contributed by atoms with Crippen molar-refractivity contribution in [1.29, 1.82) is 0 Å². The van der Waals surface area contributed by atoms with E-state index in [4.69, 9.17) is 0 Å². The number of hydrogen-bond acceptors (Lipinski definition) is 4. The SMILES string of the molecule is CC1CCCCN1CCCNC(=O)c1cc2c(s1)-c1ccccc1SC2. The minimum Gasteiger partial charge on any atom is -0.351 e. The molecule has 0 spiro atoms. The molecule has 1 unspecified atom stereocenters. The van der Waals surface area contributed by atoms with Crippen LogP contribution < -0.4 is 5.32 Å². The van der Waals surface area contributed by atoms with Crippen LogP contribution in [0.2, 0.25) is 0 Å². The van der Waals surface area contributed by atoms with Crippen LogP contribution in [-0.4, -0.2) is 36.5 Å². The molecule has 1 atom stereocenters. The van der Waals surface area contributed by atoms with Gasteiger partial charge in [0.1, 0.15) is 0 Å². The van der Waals surface area contributed by atoms with Crippen LogP contribution >= 0.6 is 23.1 Å². The fourth-order valence-electron chi connectivity index (χ4n) is 3.87. The zero-order chi connectivity index (χ0) is 17.9. The molecule has 1 fully saturated rings. The lowest BCUT2D eigenvalue weighted by Gasteiger charge is -2.33. The number of carbonyl (C=O) groups excluding carboxylic acids is 1. The average Bonchev–Trinajstić information content (AvgIpc) is 3.11. The van der Waals surface area contributed by atoms with E-state index in [0.29, 0.717) is 6.04 Å². The normalized spacial score (nSPS) is 19.7. The quantitative estimate of drug-likeness (QED) is 0.733. The molecule has 0 radical (unpaired) electrons. The van der Waals surface area contributed by atoms with E-state index < -0.39 is 0 Å². The number of hydrogen-bond donors (Lipinski definition) is 1. The van der Waals surface area contributed by atoms with E-state index in [-0.39, 0.29) is 5.91 Å². The second kappa shape index (κ2) is 8.15. The third-order valence-electron chi connectivity index (χ3n) is 5.40. The van der Waals surface area contributed by atoms with Crippen molar-refractivity contribution in [3.63, 3.8) is 0 Å². The Morgan fingerprint density at radius 3 is 3.08 bits per heavy atom. The molecule has 2 aliphatic heterocycles. The summed E-state index contributed by atoms with van der Waals surface area (Å²) in [5.41, 5.74) is 2.58. The van der Waals surface area contributed by atoms with Crippen LogP contribution in [0.15, 0.2) is 35.2 Å². The zero-order valence-electron chi connectivity index (χ0n) is 15.3. The smallest absolute Gasteiger partial charge is 0.261 e. The average molecular weight is 387 g/mol. The van der Waals surface area contributed by atoms with Crippen LogP contribution in [0.1, 0.15) is 47.8 Å². The molecule has 138 valence electrons. The van der Waals surface area contributed by atoms with Crippen LogP contribution in [0, 0.1) is 0 Å². The number of benzene rings is 1. The molecule has 1 amide bonds. The Kier molecular flexibility index (Phi) is 5.67. The van der Waals surface area contributed by atoms with Crippen LogP contribution in [0.4, 0.5) is 0 Å². The minimum absolute atomic E-state index is 0.0820. The number of nitrogens with zero attached hydrogens (tertiary/aromatic N) is 1. The van der Waals surface area contributed by atoms with Gasteiger partial charge >= 0.3 is 0 Å². The molecule has 1 aromatic carbocycles. The molecule has 1 aromatic heterocycles. The van der Waals surface area contributed by atoms with E-state index in [1.165, 1.54) is 46.7 Å². The summed E-state index contributed by atoms with van der Waals surface area (Å²) in [5, 5.41) is 3.12. The first kappa shape index (κ1) is 18.1. The van der Waals surface area contributed by atoms with E-state index in [1.54, 1.807) is 11.3 Å². The topological polar surface area (TPSA) is 32.3 Å². The maximum absolute atomic E-state index is 12.6. The van der Waals surface area contributed by atoms with Gasteiger partial charge in [-0.25, -0.2) is 0 Å². The monoisotopic (exact) mass is 386 g/mol. The fourth-order valence-corrected chi connectivity index (χ4v) is 6.20. The molecule has 0 aliphatic carbocycles. The molecule has 1 saturated heterocycles.